The van der Waals surface area contributed by atoms with Gasteiger partial charge in [0, 0.05) is 0 Å². The SMILES string of the molecule is Cc1c(C#N)cccc1C(C)Cc1cc(C#N)c(F)c(C(C)C)c1. The van der Waals surface area contributed by atoms with Gasteiger partial charge in [0.1, 0.15) is 11.9 Å². The monoisotopic (exact) mass is 320 g/mol. The fourth-order valence-corrected chi connectivity index (χ4v) is 3.10. The van der Waals surface area contributed by atoms with Crippen molar-refractivity contribution < 1.29 is 4.39 Å². The van der Waals surface area contributed by atoms with Gasteiger partial charge in [0.05, 0.1) is 17.2 Å². The zero-order valence-electron chi connectivity index (χ0n) is 14.5. The standard InChI is InChI=1S/C21H21FN2/c1-13(2)20-10-16(9-18(12-24)21(20)22)8-14(3)19-7-5-6-17(11-23)15(19)4/h5-7,9-10,13-14H,8H2,1-4H3. The predicted octanol–water partition coefficient (Wildman–Crippen LogP) is 5.35. The zero-order valence-corrected chi connectivity index (χ0v) is 14.5. The van der Waals surface area contributed by atoms with Crippen molar-refractivity contribution in [2.24, 2.45) is 0 Å². The second-order valence-corrected chi connectivity index (χ2v) is 6.55. The molecule has 0 spiro atoms. The molecule has 2 aromatic carbocycles. The number of hydrogen-bond acceptors (Lipinski definition) is 2. The first kappa shape index (κ1) is 17.7. The Morgan fingerprint density at radius 1 is 1.00 bits per heavy atom. The maximum Gasteiger partial charge on any atom is 0.144 e. The van der Waals surface area contributed by atoms with E-state index >= 15 is 0 Å². The minimum absolute atomic E-state index is 0.0241. The molecule has 0 bridgehead atoms. The molecule has 0 saturated carbocycles. The van der Waals surface area contributed by atoms with Gasteiger partial charge in [0.2, 0.25) is 0 Å². The molecule has 24 heavy (non-hydrogen) atoms. The van der Waals surface area contributed by atoms with Crippen molar-refractivity contribution >= 4 is 0 Å². The van der Waals surface area contributed by atoms with Gasteiger partial charge in [-0.3, -0.25) is 0 Å². The normalized spacial score (nSPS) is 11.8. The predicted molar refractivity (Wildman–Crippen MR) is 93.2 cm³/mol. The first-order valence-electron chi connectivity index (χ1n) is 8.11. The van der Waals surface area contributed by atoms with E-state index in [1.165, 1.54) is 0 Å². The minimum atomic E-state index is -0.411. The van der Waals surface area contributed by atoms with Gasteiger partial charge in [-0.25, -0.2) is 4.39 Å². The number of benzene rings is 2. The molecule has 0 aromatic heterocycles. The quantitative estimate of drug-likeness (QED) is 0.762. The summed E-state index contributed by atoms with van der Waals surface area (Å²) in [5, 5.41) is 18.4. The summed E-state index contributed by atoms with van der Waals surface area (Å²) < 4.78 is 14.3. The van der Waals surface area contributed by atoms with Crippen molar-refractivity contribution in [3.05, 3.63) is 69.5 Å². The lowest BCUT2D eigenvalue weighted by Gasteiger charge is -2.17. The lowest BCUT2D eigenvalue weighted by molar-refractivity contribution is 0.592. The number of halogens is 1. The van der Waals surface area contributed by atoms with Gasteiger partial charge >= 0.3 is 0 Å². The number of hydrogen-bond donors (Lipinski definition) is 0. The summed E-state index contributed by atoms with van der Waals surface area (Å²) in [7, 11) is 0. The van der Waals surface area contributed by atoms with Crippen molar-refractivity contribution in [2.45, 2.75) is 46.0 Å². The van der Waals surface area contributed by atoms with Gasteiger partial charge < -0.3 is 0 Å². The van der Waals surface area contributed by atoms with Gasteiger partial charge in [-0.1, -0.05) is 39.0 Å². The Balaban J connectivity index is 2.40. The zero-order chi connectivity index (χ0) is 17.9. The molecular formula is C21H21FN2. The van der Waals surface area contributed by atoms with Crippen LogP contribution in [0.3, 0.4) is 0 Å². The van der Waals surface area contributed by atoms with Crippen molar-refractivity contribution in [3.63, 3.8) is 0 Å². The molecule has 122 valence electrons. The molecule has 0 heterocycles. The average molecular weight is 320 g/mol. The van der Waals surface area contributed by atoms with Crippen molar-refractivity contribution in [1.29, 1.82) is 10.5 Å². The summed E-state index contributed by atoms with van der Waals surface area (Å²) in [6.45, 7) is 7.89. The maximum absolute atomic E-state index is 14.3. The summed E-state index contributed by atoms with van der Waals surface area (Å²) in [6, 6.07) is 13.4. The van der Waals surface area contributed by atoms with Crippen LogP contribution < -0.4 is 0 Å². The molecule has 0 aliphatic carbocycles. The van der Waals surface area contributed by atoms with E-state index in [2.05, 4.69) is 13.0 Å². The Morgan fingerprint density at radius 2 is 1.67 bits per heavy atom. The highest BCUT2D eigenvalue weighted by atomic mass is 19.1. The highest BCUT2D eigenvalue weighted by molar-refractivity contribution is 5.45. The van der Waals surface area contributed by atoms with E-state index in [-0.39, 0.29) is 17.4 Å². The van der Waals surface area contributed by atoms with Crippen LogP contribution in [0.1, 0.15) is 66.0 Å². The molecule has 0 aliphatic heterocycles. The minimum Gasteiger partial charge on any atom is -0.205 e. The molecule has 0 N–H and O–H groups in total. The smallest absolute Gasteiger partial charge is 0.144 e. The molecule has 0 amide bonds. The molecule has 1 unspecified atom stereocenters. The Morgan fingerprint density at radius 3 is 2.25 bits per heavy atom. The van der Waals surface area contributed by atoms with E-state index in [4.69, 9.17) is 0 Å². The van der Waals surface area contributed by atoms with E-state index in [1.807, 2.05) is 51.1 Å². The Labute approximate surface area is 143 Å². The van der Waals surface area contributed by atoms with Gasteiger partial charge in [-0.05, 0) is 59.6 Å². The Kier molecular flexibility index (Phi) is 5.37. The highest BCUT2D eigenvalue weighted by Crippen LogP contribution is 2.29. The molecule has 3 heteroatoms. The summed E-state index contributed by atoms with van der Waals surface area (Å²) in [5.41, 5.74) is 4.41. The molecule has 0 aliphatic rings. The van der Waals surface area contributed by atoms with Gasteiger partial charge in [-0.15, -0.1) is 0 Å². The van der Waals surface area contributed by atoms with Crippen LogP contribution in [0.15, 0.2) is 30.3 Å². The third kappa shape index (κ3) is 3.47. The fraction of sp³-hybridized carbons (Fsp3) is 0.333. The number of rotatable bonds is 4. The van der Waals surface area contributed by atoms with Crippen LogP contribution in [0.5, 0.6) is 0 Å². The molecule has 0 fully saturated rings. The van der Waals surface area contributed by atoms with Gasteiger partial charge in [-0.2, -0.15) is 10.5 Å². The largest absolute Gasteiger partial charge is 0.205 e. The van der Waals surface area contributed by atoms with Gasteiger partial charge in [0.25, 0.3) is 0 Å². The van der Waals surface area contributed by atoms with Crippen LogP contribution in [0.25, 0.3) is 0 Å². The van der Waals surface area contributed by atoms with Crippen LogP contribution in [0.4, 0.5) is 4.39 Å². The molecule has 2 aromatic rings. The lowest BCUT2D eigenvalue weighted by atomic mass is 9.87. The number of nitrogens with zero attached hydrogens (tertiary/aromatic N) is 2. The summed E-state index contributed by atoms with van der Waals surface area (Å²) in [6.07, 6.45) is 0.699. The van der Waals surface area contributed by atoms with Crippen LogP contribution in [0, 0.1) is 35.4 Å². The topological polar surface area (TPSA) is 47.6 Å². The van der Waals surface area contributed by atoms with Crippen LogP contribution in [-0.4, -0.2) is 0 Å². The lowest BCUT2D eigenvalue weighted by Crippen LogP contribution is -2.05. The molecule has 1 atom stereocenters. The Bertz CT molecular complexity index is 838. The molecule has 2 nitrogen and oxygen atoms in total. The van der Waals surface area contributed by atoms with E-state index in [9.17, 15) is 14.9 Å². The van der Waals surface area contributed by atoms with E-state index in [1.54, 1.807) is 6.07 Å². The third-order valence-corrected chi connectivity index (χ3v) is 4.47. The van der Waals surface area contributed by atoms with Crippen molar-refractivity contribution in [2.75, 3.05) is 0 Å². The van der Waals surface area contributed by atoms with Crippen LogP contribution in [-0.2, 0) is 6.42 Å². The second kappa shape index (κ2) is 7.28. The summed E-state index contributed by atoms with van der Waals surface area (Å²) in [4.78, 5) is 0. The first-order valence-corrected chi connectivity index (χ1v) is 8.11. The van der Waals surface area contributed by atoms with E-state index in [0.29, 0.717) is 17.5 Å². The highest BCUT2D eigenvalue weighted by Gasteiger charge is 2.16. The first-order chi connectivity index (χ1) is 11.4. The second-order valence-electron chi connectivity index (χ2n) is 6.55. The van der Waals surface area contributed by atoms with E-state index in [0.717, 1.165) is 16.7 Å². The number of nitriles is 2. The summed E-state index contributed by atoms with van der Waals surface area (Å²) >= 11 is 0. The molecule has 0 saturated heterocycles. The molecule has 2 rings (SSSR count). The van der Waals surface area contributed by atoms with Crippen LogP contribution >= 0.6 is 0 Å². The maximum atomic E-state index is 14.3. The van der Waals surface area contributed by atoms with Gasteiger partial charge in [0.15, 0.2) is 0 Å². The Hall–Kier alpha value is -2.65. The van der Waals surface area contributed by atoms with Crippen LogP contribution in [0.2, 0.25) is 0 Å². The molecule has 0 radical (unpaired) electrons. The van der Waals surface area contributed by atoms with Crippen molar-refractivity contribution in [3.8, 4) is 12.1 Å². The van der Waals surface area contributed by atoms with Crippen molar-refractivity contribution in [1.82, 2.24) is 0 Å². The average Bonchev–Trinajstić information content (AvgIpc) is 2.56. The summed E-state index contributed by atoms with van der Waals surface area (Å²) in [5.74, 6) is -0.210. The van der Waals surface area contributed by atoms with E-state index < -0.39 is 5.82 Å². The molecular weight excluding hydrogens is 299 g/mol. The third-order valence-electron chi connectivity index (χ3n) is 4.47. The fourth-order valence-electron chi connectivity index (χ4n) is 3.10.